The molecule has 1 aromatic carbocycles. The molecule has 0 spiro atoms. The number of carbonyl (C=O) groups is 1. The average Bonchev–Trinajstić information content (AvgIpc) is 3.19. The molecular formula is C22H19Cl2N3OS. The zero-order chi connectivity index (χ0) is 20.7. The number of benzene rings is 1. The number of nitrogens with two attached hydrogens (primary N) is 1. The summed E-state index contributed by atoms with van der Waals surface area (Å²) in [5.41, 5.74) is 8.98. The lowest BCUT2D eigenvalue weighted by molar-refractivity contribution is -0.116. The topological polar surface area (TPSA) is 70.1 Å². The fourth-order valence-corrected chi connectivity index (χ4v) is 5.50. The van der Waals surface area contributed by atoms with Gasteiger partial charge in [-0.15, -0.1) is 11.3 Å². The highest BCUT2D eigenvalue weighted by Gasteiger charge is 2.41. The summed E-state index contributed by atoms with van der Waals surface area (Å²) >= 11 is 14.4. The van der Waals surface area contributed by atoms with E-state index in [1.165, 1.54) is 4.88 Å². The molecule has 7 heteroatoms. The third-order valence-electron chi connectivity index (χ3n) is 5.40. The quantitative estimate of drug-likeness (QED) is 0.638. The van der Waals surface area contributed by atoms with Crippen LogP contribution in [0.2, 0.25) is 10.0 Å². The van der Waals surface area contributed by atoms with Gasteiger partial charge < -0.3 is 5.73 Å². The molecule has 0 unspecified atom stereocenters. The van der Waals surface area contributed by atoms with Gasteiger partial charge in [-0.25, -0.2) is 0 Å². The number of halogens is 2. The molecule has 2 N–H and O–H groups in total. The molecule has 2 aliphatic rings. The van der Waals surface area contributed by atoms with Gasteiger partial charge in [-0.05, 0) is 43.5 Å². The summed E-state index contributed by atoms with van der Waals surface area (Å²) in [4.78, 5) is 17.0. The fourth-order valence-electron chi connectivity index (χ4n) is 4.05. The molecule has 1 atom stereocenters. The Bertz CT molecular complexity index is 1110. The van der Waals surface area contributed by atoms with Gasteiger partial charge in [-0.2, -0.15) is 5.26 Å². The molecule has 4 rings (SSSR count). The first-order chi connectivity index (χ1) is 14.0. The normalized spacial score (nSPS) is 19.4. The second kappa shape index (κ2) is 7.87. The highest BCUT2D eigenvalue weighted by atomic mass is 35.5. The minimum Gasteiger partial charge on any atom is -0.384 e. The number of ketones is 1. The third-order valence-corrected chi connectivity index (χ3v) is 7.50. The van der Waals surface area contributed by atoms with E-state index in [-0.39, 0.29) is 5.78 Å². The molecule has 1 aromatic heterocycles. The number of hydrogen-bond acceptors (Lipinski definition) is 5. The van der Waals surface area contributed by atoms with Crippen LogP contribution in [0.1, 0.15) is 41.9 Å². The molecule has 2 aromatic rings. The summed E-state index contributed by atoms with van der Waals surface area (Å²) in [6.07, 6.45) is 2.80. The largest absolute Gasteiger partial charge is 0.384 e. The zero-order valence-electron chi connectivity index (χ0n) is 15.8. The van der Waals surface area contributed by atoms with Crippen molar-refractivity contribution in [3.05, 3.63) is 72.8 Å². The molecule has 148 valence electrons. The molecule has 0 radical (unpaired) electrons. The Morgan fingerprint density at radius 2 is 2.07 bits per heavy atom. The van der Waals surface area contributed by atoms with E-state index in [1.54, 1.807) is 34.4 Å². The molecule has 1 aliphatic carbocycles. The monoisotopic (exact) mass is 443 g/mol. The van der Waals surface area contributed by atoms with E-state index in [1.807, 2.05) is 6.07 Å². The predicted octanol–water partition coefficient (Wildman–Crippen LogP) is 5.92. The third kappa shape index (κ3) is 3.26. The van der Waals surface area contributed by atoms with Crippen LogP contribution in [0.5, 0.6) is 0 Å². The standard InChI is InChI=1S/C22H19Cl2N3OS/c1-2-12-9-10-18(29-12)19-13(11-25)22(26)27(15-6-4-8-17(28)20(15)19)16-7-3-5-14(23)21(16)24/h3,5,7,9-10,19H,2,4,6,8,26H2,1H3/t19-/m1/s1. The number of Topliss-reactive ketones (excluding diaryl/α,β-unsaturated/α-hetero) is 1. The SMILES string of the molecule is CCc1ccc([C@H]2C(C#N)=C(N)N(c3cccc(Cl)c3Cl)C3=C2C(=O)CCC3)s1. The van der Waals surface area contributed by atoms with E-state index in [4.69, 9.17) is 28.9 Å². The Balaban J connectivity index is 1.98. The highest BCUT2D eigenvalue weighted by molar-refractivity contribution is 7.12. The van der Waals surface area contributed by atoms with Crippen molar-refractivity contribution in [1.29, 1.82) is 5.26 Å². The first kappa shape index (κ1) is 20.0. The van der Waals surface area contributed by atoms with Crippen molar-refractivity contribution in [3.63, 3.8) is 0 Å². The zero-order valence-corrected chi connectivity index (χ0v) is 18.2. The van der Waals surface area contributed by atoms with Gasteiger partial charge in [0.1, 0.15) is 5.82 Å². The number of thiophene rings is 1. The fraction of sp³-hybridized carbons (Fsp3) is 0.273. The number of nitrogens with zero attached hydrogens (tertiary/aromatic N) is 2. The molecule has 0 amide bonds. The van der Waals surface area contributed by atoms with Gasteiger partial charge in [0.05, 0.1) is 33.3 Å². The number of anilines is 1. The summed E-state index contributed by atoms with van der Waals surface area (Å²) in [5, 5.41) is 10.8. The molecular weight excluding hydrogens is 425 g/mol. The van der Waals surface area contributed by atoms with Gasteiger partial charge in [0, 0.05) is 27.4 Å². The van der Waals surface area contributed by atoms with E-state index in [9.17, 15) is 10.1 Å². The smallest absolute Gasteiger partial charge is 0.161 e. The summed E-state index contributed by atoms with van der Waals surface area (Å²) in [5.74, 6) is -0.0602. The van der Waals surface area contributed by atoms with Gasteiger partial charge >= 0.3 is 0 Å². The van der Waals surface area contributed by atoms with E-state index in [0.29, 0.717) is 45.5 Å². The van der Waals surface area contributed by atoms with Crippen molar-refractivity contribution < 1.29 is 4.79 Å². The minimum absolute atomic E-state index is 0.0612. The summed E-state index contributed by atoms with van der Waals surface area (Å²) in [6, 6.07) is 11.6. The number of rotatable bonds is 3. The minimum atomic E-state index is -0.428. The molecule has 0 fully saturated rings. The van der Waals surface area contributed by atoms with Crippen LogP contribution < -0.4 is 10.6 Å². The molecule has 4 nitrogen and oxygen atoms in total. The maximum atomic E-state index is 13.1. The van der Waals surface area contributed by atoms with Crippen LogP contribution in [0.25, 0.3) is 0 Å². The van der Waals surface area contributed by atoms with Crippen molar-refractivity contribution in [2.75, 3.05) is 4.90 Å². The Hall–Kier alpha value is -2.26. The van der Waals surface area contributed by atoms with Crippen molar-refractivity contribution in [2.45, 2.75) is 38.5 Å². The van der Waals surface area contributed by atoms with Crippen LogP contribution >= 0.6 is 34.5 Å². The Kier molecular flexibility index (Phi) is 5.44. The van der Waals surface area contributed by atoms with Crippen LogP contribution in [0.3, 0.4) is 0 Å². The summed E-state index contributed by atoms with van der Waals surface area (Å²) in [6.45, 7) is 2.09. The van der Waals surface area contributed by atoms with Crippen molar-refractivity contribution in [3.8, 4) is 6.07 Å². The number of allylic oxidation sites excluding steroid dienone is 3. The lowest BCUT2D eigenvalue weighted by atomic mass is 9.78. The average molecular weight is 444 g/mol. The maximum Gasteiger partial charge on any atom is 0.161 e. The van der Waals surface area contributed by atoms with Gasteiger partial charge in [0.2, 0.25) is 0 Å². The van der Waals surface area contributed by atoms with Gasteiger partial charge in [0.15, 0.2) is 5.78 Å². The van der Waals surface area contributed by atoms with Crippen molar-refractivity contribution in [2.24, 2.45) is 5.73 Å². The van der Waals surface area contributed by atoms with Gasteiger partial charge in [0.25, 0.3) is 0 Å². The number of carbonyl (C=O) groups excluding carboxylic acids is 1. The van der Waals surface area contributed by atoms with Crippen molar-refractivity contribution in [1.82, 2.24) is 0 Å². The van der Waals surface area contributed by atoms with Crippen LogP contribution in [0.4, 0.5) is 5.69 Å². The highest BCUT2D eigenvalue weighted by Crippen LogP contribution is 2.49. The summed E-state index contributed by atoms with van der Waals surface area (Å²) < 4.78 is 0. The number of hydrogen-bond donors (Lipinski definition) is 1. The van der Waals surface area contributed by atoms with E-state index in [2.05, 4.69) is 19.1 Å². The molecule has 0 saturated carbocycles. The Morgan fingerprint density at radius 3 is 2.76 bits per heavy atom. The van der Waals surface area contributed by atoms with Crippen LogP contribution in [-0.2, 0) is 11.2 Å². The number of nitriles is 1. The van der Waals surface area contributed by atoms with E-state index >= 15 is 0 Å². The molecule has 29 heavy (non-hydrogen) atoms. The second-order valence-corrected chi connectivity index (χ2v) is 9.03. The Labute approximate surface area is 183 Å². The number of aryl methyl sites for hydroxylation is 1. The van der Waals surface area contributed by atoms with Gasteiger partial charge in [-0.3, -0.25) is 9.69 Å². The van der Waals surface area contributed by atoms with Crippen molar-refractivity contribution >= 4 is 46.0 Å². The first-order valence-electron chi connectivity index (χ1n) is 9.46. The van der Waals surface area contributed by atoms with E-state index in [0.717, 1.165) is 23.4 Å². The molecule has 0 saturated heterocycles. The van der Waals surface area contributed by atoms with Gasteiger partial charge in [-0.1, -0.05) is 36.2 Å². The second-order valence-electron chi connectivity index (χ2n) is 7.05. The molecule has 1 aliphatic heterocycles. The summed E-state index contributed by atoms with van der Waals surface area (Å²) in [7, 11) is 0. The molecule has 2 heterocycles. The molecule has 0 bridgehead atoms. The van der Waals surface area contributed by atoms with Crippen LogP contribution in [0, 0.1) is 11.3 Å². The van der Waals surface area contributed by atoms with Crippen LogP contribution in [0.15, 0.2) is 53.0 Å². The van der Waals surface area contributed by atoms with Crippen LogP contribution in [-0.4, -0.2) is 5.78 Å². The van der Waals surface area contributed by atoms with E-state index < -0.39 is 5.92 Å². The Morgan fingerprint density at radius 1 is 1.28 bits per heavy atom. The lowest BCUT2D eigenvalue weighted by Crippen LogP contribution is -2.38. The maximum absolute atomic E-state index is 13.1. The lowest BCUT2D eigenvalue weighted by Gasteiger charge is -2.39. The first-order valence-corrected chi connectivity index (χ1v) is 11.0. The predicted molar refractivity (Wildman–Crippen MR) is 118 cm³/mol.